The molecule has 1 atom stereocenters. The number of halogens is 1. The van der Waals surface area contributed by atoms with Crippen LogP contribution in [0.3, 0.4) is 0 Å². The SMILES string of the molecule is Cc1ccc(C(=O)N2CCCCCC2C)cc1Br. The average Bonchev–Trinajstić information content (AvgIpc) is 2.56. The number of aryl methyl sites for hydroxylation is 1. The van der Waals surface area contributed by atoms with Gasteiger partial charge in [0.1, 0.15) is 0 Å². The largest absolute Gasteiger partial charge is 0.336 e. The Morgan fingerprint density at radius 2 is 2.11 bits per heavy atom. The third-order valence-electron chi connectivity index (χ3n) is 3.73. The van der Waals surface area contributed by atoms with E-state index in [-0.39, 0.29) is 5.91 Å². The van der Waals surface area contributed by atoms with Crippen LogP contribution in [0.15, 0.2) is 22.7 Å². The smallest absolute Gasteiger partial charge is 0.254 e. The van der Waals surface area contributed by atoms with Crippen molar-refractivity contribution in [3.05, 3.63) is 33.8 Å². The first-order chi connectivity index (χ1) is 8.59. The van der Waals surface area contributed by atoms with E-state index >= 15 is 0 Å². The molecule has 1 aliphatic heterocycles. The molecule has 98 valence electrons. The summed E-state index contributed by atoms with van der Waals surface area (Å²) in [5.41, 5.74) is 1.96. The van der Waals surface area contributed by atoms with E-state index < -0.39 is 0 Å². The first-order valence-electron chi connectivity index (χ1n) is 6.66. The van der Waals surface area contributed by atoms with Crippen molar-refractivity contribution in [3.63, 3.8) is 0 Å². The second kappa shape index (κ2) is 5.87. The van der Waals surface area contributed by atoms with Gasteiger partial charge in [-0.2, -0.15) is 0 Å². The van der Waals surface area contributed by atoms with E-state index in [4.69, 9.17) is 0 Å². The summed E-state index contributed by atoms with van der Waals surface area (Å²) in [6, 6.07) is 6.23. The molecular formula is C15H20BrNO. The Hall–Kier alpha value is -0.830. The number of amides is 1. The number of carbonyl (C=O) groups excluding carboxylic acids is 1. The van der Waals surface area contributed by atoms with E-state index in [9.17, 15) is 4.79 Å². The van der Waals surface area contributed by atoms with Crippen molar-refractivity contribution in [1.29, 1.82) is 0 Å². The van der Waals surface area contributed by atoms with Gasteiger partial charge in [-0.25, -0.2) is 0 Å². The predicted octanol–water partition coefficient (Wildman–Crippen LogP) is 4.16. The molecule has 0 aliphatic carbocycles. The van der Waals surface area contributed by atoms with Gasteiger partial charge in [0.25, 0.3) is 5.91 Å². The Labute approximate surface area is 117 Å². The molecule has 0 N–H and O–H groups in total. The number of nitrogens with zero attached hydrogens (tertiary/aromatic N) is 1. The summed E-state index contributed by atoms with van der Waals surface area (Å²) in [4.78, 5) is 14.6. The van der Waals surface area contributed by atoms with Gasteiger partial charge in [0, 0.05) is 22.6 Å². The molecule has 0 radical (unpaired) electrons. The van der Waals surface area contributed by atoms with E-state index in [1.165, 1.54) is 12.8 Å². The molecule has 1 saturated heterocycles. The Balaban J connectivity index is 2.21. The van der Waals surface area contributed by atoms with Crippen LogP contribution in [0, 0.1) is 6.92 Å². The number of rotatable bonds is 1. The second-order valence-corrected chi connectivity index (χ2v) is 6.02. The summed E-state index contributed by atoms with van der Waals surface area (Å²) >= 11 is 3.50. The van der Waals surface area contributed by atoms with Gasteiger partial charge in [0.15, 0.2) is 0 Å². The molecule has 1 aromatic carbocycles. The van der Waals surface area contributed by atoms with Gasteiger partial charge in [-0.05, 0) is 44.4 Å². The molecule has 2 nitrogen and oxygen atoms in total. The zero-order chi connectivity index (χ0) is 13.1. The molecule has 1 aliphatic rings. The highest BCUT2D eigenvalue weighted by Gasteiger charge is 2.23. The molecular weight excluding hydrogens is 290 g/mol. The zero-order valence-corrected chi connectivity index (χ0v) is 12.7. The highest BCUT2D eigenvalue weighted by Crippen LogP contribution is 2.22. The fourth-order valence-electron chi connectivity index (χ4n) is 2.47. The van der Waals surface area contributed by atoms with Crippen molar-refractivity contribution in [2.45, 2.75) is 45.6 Å². The zero-order valence-electron chi connectivity index (χ0n) is 11.1. The molecule has 1 unspecified atom stereocenters. The van der Waals surface area contributed by atoms with Crippen molar-refractivity contribution in [2.75, 3.05) is 6.54 Å². The topological polar surface area (TPSA) is 20.3 Å². The highest BCUT2D eigenvalue weighted by molar-refractivity contribution is 9.10. The van der Waals surface area contributed by atoms with Gasteiger partial charge in [0.2, 0.25) is 0 Å². The maximum atomic E-state index is 12.5. The van der Waals surface area contributed by atoms with E-state index in [0.717, 1.165) is 35.0 Å². The van der Waals surface area contributed by atoms with Gasteiger partial charge in [0.05, 0.1) is 0 Å². The number of carbonyl (C=O) groups is 1. The number of hydrogen-bond acceptors (Lipinski definition) is 1. The minimum absolute atomic E-state index is 0.171. The molecule has 0 saturated carbocycles. The van der Waals surface area contributed by atoms with E-state index in [2.05, 4.69) is 22.9 Å². The quantitative estimate of drug-likeness (QED) is 0.762. The molecule has 0 aromatic heterocycles. The summed E-state index contributed by atoms with van der Waals surface area (Å²) in [6.07, 6.45) is 4.73. The first-order valence-corrected chi connectivity index (χ1v) is 7.46. The Morgan fingerprint density at radius 3 is 2.83 bits per heavy atom. The van der Waals surface area contributed by atoms with Crippen LogP contribution >= 0.6 is 15.9 Å². The number of likely N-dealkylation sites (tertiary alicyclic amines) is 1. The van der Waals surface area contributed by atoms with Crippen LogP contribution in [0.5, 0.6) is 0 Å². The molecule has 2 rings (SSSR count). The van der Waals surface area contributed by atoms with Crippen LogP contribution in [0.4, 0.5) is 0 Å². The van der Waals surface area contributed by atoms with Crippen LogP contribution in [-0.2, 0) is 0 Å². The molecule has 1 amide bonds. The lowest BCUT2D eigenvalue weighted by atomic mass is 10.1. The molecule has 0 bridgehead atoms. The number of hydrogen-bond donors (Lipinski definition) is 0. The lowest BCUT2D eigenvalue weighted by Gasteiger charge is -2.27. The maximum absolute atomic E-state index is 12.5. The predicted molar refractivity (Wildman–Crippen MR) is 77.8 cm³/mol. The summed E-state index contributed by atoms with van der Waals surface area (Å²) in [5.74, 6) is 0.171. The van der Waals surface area contributed by atoms with Gasteiger partial charge >= 0.3 is 0 Å². The Bertz CT molecular complexity index is 444. The van der Waals surface area contributed by atoms with Gasteiger partial charge in [-0.1, -0.05) is 34.8 Å². The molecule has 1 heterocycles. The van der Waals surface area contributed by atoms with E-state index in [1.54, 1.807) is 0 Å². The van der Waals surface area contributed by atoms with E-state index in [0.29, 0.717) is 6.04 Å². The molecule has 18 heavy (non-hydrogen) atoms. The molecule has 1 aromatic rings. The lowest BCUT2D eigenvalue weighted by Crippen LogP contribution is -2.38. The summed E-state index contributed by atoms with van der Waals surface area (Å²) < 4.78 is 1.01. The Kier molecular flexibility index (Phi) is 4.44. The van der Waals surface area contributed by atoms with Crippen molar-refractivity contribution in [2.24, 2.45) is 0 Å². The average molecular weight is 310 g/mol. The fraction of sp³-hybridized carbons (Fsp3) is 0.533. The maximum Gasteiger partial charge on any atom is 0.254 e. The standard InChI is InChI=1S/C15H20BrNO/c1-11-7-8-13(10-14(11)16)15(18)17-9-5-3-4-6-12(17)2/h7-8,10,12H,3-6,9H2,1-2H3. The number of benzene rings is 1. The summed E-state index contributed by atoms with van der Waals surface area (Å²) in [7, 11) is 0. The fourth-order valence-corrected chi connectivity index (χ4v) is 2.85. The first kappa shape index (κ1) is 13.6. The van der Waals surface area contributed by atoms with Crippen molar-refractivity contribution in [3.8, 4) is 0 Å². The monoisotopic (exact) mass is 309 g/mol. The van der Waals surface area contributed by atoms with Crippen molar-refractivity contribution < 1.29 is 4.79 Å². The highest BCUT2D eigenvalue weighted by atomic mass is 79.9. The summed E-state index contributed by atoms with van der Waals surface area (Å²) in [5, 5.41) is 0. The second-order valence-electron chi connectivity index (χ2n) is 5.16. The van der Waals surface area contributed by atoms with Crippen molar-refractivity contribution in [1.82, 2.24) is 4.90 Å². The molecule has 1 fully saturated rings. The van der Waals surface area contributed by atoms with Crippen LogP contribution in [0.1, 0.15) is 48.5 Å². The van der Waals surface area contributed by atoms with E-state index in [1.807, 2.05) is 30.0 Å². The van der Waals surface area contributed by atoms with Gasteiger partial charge in [-0.15, -0.1) is 0 Å². The van der Waals surface area contributed by atoms with Crippen LogP contribution in [0.25, 0.3) is 0 Å². The Morgan fingerprint density at radius 1 is 1.33 bits per heavy atom. The normalized spacial score (nSPS) is 20.6. The lowest BCUT2D eigenvalue weighted by molar-refractivity contribution is 0.0698. The molecule has 3 heteroatoms. The van der Waals surface area contributed by atoms with Crippen LogP contribution < -0.4 is 0 Å². The third kappa shape index (κ3) is 2.94. The van der Waals surface area contributed by atoms with Gasteiger partial charge < -0.3 is 4.90 Å². The minimum atomic E-state index is 0.171. The van der Waals surface area contributed by atoms with Gasteiger partial charge in [-0.3, -0.25) is 4.79 Å². The van der Waals surface area contributed by atoms with Crippen molar-refractivity contribution >= 4 is 21.8 Å². The van der Waals surface area contributed by atoms with Crippen LogP contribution in [0.2, 0.25) is 0 Å². The summed E-state index contributed by atoms with van der Waals surface area (Å²) in [6.45, 7) is 5.09. The third-order valence-corrected chi connectivity index (χ3v) is 4.59. The minimum Gasteiger partial charge on any atom is -0.336 e. The molecule has 0 spiro atoms. The van der Waals surface area contributed by atoms with Crippen LogP contribution in [-0.4, -0.2) is 23.4 Å².